The van der Waals surface area contributed by atoms with E-state index in [0.717, 1.165) is 5.56 Å². The number of amides is 1. The number of nitrogen functional groups attached to an aromatic ring is 1. The van der Waals surface area contributed by atoms with Gasteiger partial charge >= 0.3 is 0 Å². The second kappa shape index (κ2) is 5.52. The minimum atomic E-state index is -0.257. The molecule has 7 nitrogen and oxygen atoms in total. The fourth-order valence-corrected chi connectivity index (χ4v) is 1.82. The smallest absolute Gasteiger partial charge is 0.274 e. The number of methoxy groups -OCH3 is 1. The van der Waals surface area contributed by atoms with Crippen LogP contribution >= 0.6 is 0 Å². The van der Waals surface area contributed by atoms with Crippen LogP contribution in [0.2, 0.25) is 0 Å². The topological polar surface area (TPSA) is 104 Å². The Labute approximate surface area is 116 Å². The van der Waals surface area contributed by atoms with Crippen molar-refractivity contribution in [3.05, 3.63) is 35.7 Å². The monoisotopic (exact) mass is 276 g/mol. The number of phenols is 1. The van der Waals surface area contributed by atoms with Crippen molar-refractivity contribution in [3.8, 4) is 11.5 Å². The summed E-state index contributed by atoms with van der Waals surface area (Å²) in [5, 5.41) is 15.8. The SMILES string of the molecule is COc1cc(CN(C)C(=O)c2[nH]ncc2N)ccc1O. The minimum Gasteiger partial charge on any atom is -0.504 e. The van der Waals surface area contributed by atoms with Crippen molar-refractivity contribution in [2.24, 2.45) is 0 Å². The van der Waals surface area contributed by atoms with Crippen LogP contribution in [0, 0.1) is 0 Å². The molecule has 1 aromatic heterocycles. The molecular formula is C13H16N4O3. The number of aromatic nitrogens is 2. The number of nitrogens with one attached hydrogen (secondary N) is 1. The van der Waals surface area contributed by atoms with Gasteiger partial charge in [-0.25, -0.2) is 0 Å². The lowest BCUT2D eigenvalue weighted by Crippen LogP contribution is -2.27. The summed E-state index contributed by atoms with van der Waals surface area (Å²) in [7, 11) is 3.13. The van der Waals surface area contributed by atoms with Crippen LogP contribution in [0.1, 0.15) is 16.1 Å². The van der Waals surface area contributed by atoms with Crippen LogP contribution in [0.3, 0.4) is 0 Å². The number of phenolic OH excluding ortho intramolecular Hbond substituents is 1. The van der Waals surface area contributed by atoms with E-state index in [4.69, 9.17) is 10.5 Å². The number of nitrogens with two attached hydrogens (primary N) is 1. The van der Waals surface area contributed by atoms with Crippen molar-refractivity contribution < 1.29 is 14.6 Å². The van der Waals surface area contributed by atoms with Gasteiger partial charge in [0.2, 0.25) is 0 Å². The van der Waals surface area contributed by atoms with Crippen molar-refractivity contribution in [2.45, 2.75) is 6.54 Å². The first-order valence-electron chi connectivity index (χ1n) is 5.93. The second-order valence-corrected chi connectivity index (χ2v) is 4.37. The highest BCUT2D eigenvalue weighted by atomic mass is 16.5. The summed E-state index contributed by atoms with van der Waals surface area (Å²) < 4.78 is 5.03. The molecule has 106 valence electrons. The maximum Gasteiger partial charge on any atom is 0.274 e. The van der Waals surface area contributed by atoms with Crippen molar-refractivity contribution in [2.75, 3.05) is 19.9 Å². The molecule has 2 aromatic rings. The Morgan fingerprint density at radius 1 is 1.55 bits per heavy atom. The van der Waals surface area contributed by atoms with Gasteiger partial charge in [-0.3, -0.25) is 9.89 Å². The Morgan fingerprint density at radius 2 is 2.30 bits per heavy atom. The molecule has 0 saturated heterocycles. The van der Waals surface area contributed by atoms with E-state index in [0.29, 0.717) is 18.0 Å². The molecule has 1 amide bonds. The van der Waals surface area contributed by atoms with Crippen LogP contribution in [0.25, 0.3) is 0 Å². The van der Waals surface area contributed by atoms with E-state index in [1.807, 2.05) is 0 Å². The molecule has 0 spiro atoms. The molecule has 0 radical (unpaired) electrons. The molecule has 20 heavy (non-hydrogen) atoms. The molecule has 1 aromatic carbocycles. The summed E-state index contributed by atoms with van der Waals surface area (Å²) in [6, 6.07) is 4.92. The quantitative estimate of drug-likeness (QED) is 0.772. The van der Waals surface area contributed by atoms with Gasteiger partial charge in [-0.05, 0) is 17.7 Å². The number of nitrogens with zero attached hydrogens (tertiary/aromatic N) is 2. The summed E-state index contributed by atoms with van der Waals surface area (Å²) >= 11 is 0. The van der Waals surface area contributed by atoms with E-state index in [-0.39, 0.29) is 17.4 Å². The number of ether oxygens (including phenoxy) is 1. The molecule has 0 aliphatic heterocycles. The zero-order valence-corrected chi connectivity index (χ0v) is 11.3. The molecule has 0 atom stereocenters. The van der Waals surface area contributed by atoms with Gasteiger partial charge in [0.05, 0.1) is 19.0 Å². The minimum absolute atomic E-state index is 0.0584. The average Bonchev–Trinajstić information content (AvgIpc) is 2.86. The molecule has 1 heterocycles. The number of hydrogen-bond acceptors (Lipinski definition) is 5. The predicted molar refractivity (Wildman–Crippen MR) is 73.5 cm³/mol. The van der Waals surface area contributed by atoms with Gasteiger partial charge in [0.15, 0.2) is 11.5 Å². The molecule has 0 unspecified atom stereocenters. The van der Waals surface area contributed by atoms with E-state index in [1.54, 1.807) is 19.2 Å². The van der Waals surface area contributed by atoms with Gasteiger partial charge < -0.3 is 20.5 Å². The molecular weight excluding hydrogens is 260 g/mol. The number of aromatic hydroxyl groups is 1. The van der Waals surface area contributed by atoms with Crippen molar-refractivity contribution in [1.82, 2.24) is 15.1 Å². The Bertz CT molecular complexity index is 624. The molecule has 0 aliphatic rings. The van der Waals surface area contributed by atoms with Gasteiger partial charge in [-0.15, -0.1) is 0 Å². The number of benzene rings is 1. The molecule has 0 fully saturated rings. The number of anilines is 1. The van der Waals surface area contributed by atoms with E-state index in [1.165, 1.54) is 24.3 Å². The van der Waals surface area contributed by atoms with E-state index >= 15 is 0 Å². The number of carbonyl (C=O) groups excluding carboxylic acids is 1. The van der Waals surface area contributed by atoms with Gasteiger partial charge in [-0.2, -0.15) is 5.10 Å². The first kappa shape index (κ1) is 13.7. The molecule has 4 N–H and O–H groups in total. The van der Waals surface area contributed by atoms with Crippen LogP contribution in [0.4, 0.5) is 5.69 Å². The van der Waals surface area contributed by atoms with Crippen LogP contribution < -0.4 is 10.5 Å². The highest BCUT2D eigenvalue weighted by Crippen LogP contribution is 2.26. The molecule has 0 saturated carbocycles. The standard InChI is InChI=1S/C13H16N4O3/c1-17(13(19)12-9(14)6-15-16-12)7-8-3-4-10(18)11(5-8)20-2/h3-6,18H,7,14H2,1-2H3,(H,15,16). The van der Waals surface area contributed by atoms with E-state index < -0.39 is 0 Å². The number of rotatable bonds is 4. The molecule has 0 bridgehead atoms. The number of carbonyl (C=O) groups is 1. The van der Waals surface area contributed by atoms with E-state index in [9.17, 15) is 9.90 Å². The summed E-state index contributed by atoms with van der Waals surface area (Å²) in [6.45, 7) is 0.355. The fourth-order valence-electron chi connectivity index (χ4n) is 1.82. The summed E-state index contributed by atoms with van der Waals surface area (Å²) in [4.78, 5) is 13.6. The predicted octanol–water partition coefficient (Wildman–Crippen LogP) is 0.978. The van der Waals surface area contributed by atoms with Crippen LogP contribution in [-0.4, -0.2) is 40.3 Å². The van der Waals surface area contributed by atoms with Crippen LogP contribution in [0.5, 0.6) is 11.5 Å². The maximum atomic E-state index is 12.1. The lowest BCUT2D eigenvalue weighted by atomic mass is 10.2. The van der Waals surface area contributed by atoms with Crippen molar-refractivity contribution in [1.29, 1.82) is 0 Å². The lowest BCUT2D eigenvalue weighted by Gasteiger charge is -2.17. The summed E-state index contributed by atoms with van der Waals surface area (Å²) in [5.41, 5.74) is 7.04. The maximum absolute atomic E-state index is 12.1. The highest BCUT2D eigenvalue weighted by molar-refractivity contribution is 5.96. The third kappa shape index (κ3) is 2.66. The highest BCUT2D eigenvalue weighted by Gasteiger charge is 2.17. The molecule has 0 aliphatic carbocycles. The first-order valence-corrected chi connectivity index (χ1v) is 5.93. The zero-order valence-electron chi connectivity index (χ0n) is 11.3. The average molecular weight is 276 g/mol. The lowest BCUT2D eigenvalue weighted by molar-refractivity contribution is 0.0780. The number of aromatic amines is 1. The Balaban J connectivity index is 2.14. The summed E-state index contributed by atoms with van der Waals surface area (Å²) in [5.74, 6) is 0.166. The largest absolute Gasteiger partial charge is 0.504 e. The molecule has 2 rings (SSSR count). The Kier molecular flexibility index (Phi) is 3.79. The van der Waals surface area contributed by atoms with Crippen molar-refractivity contribution in [3.63, 3.8) is 0 Å². The van der Waals surface area contributed by atoms with Gasteiger partial charge in [-0.1, -0.05) is 6.07 Å². The summed E-state index contributed by atoms with van der Waals surface area (Å²) in [6.07, 6.45) is 1.39. The number of hydrogen-bond donors (Lipinski definition) is 3. The van der Waals surface area contributed by atoms with Crippen LogP contribution in [-0.2, 0) is 6.54 Å². The Hall–Kier alpha value is -2.70. The first-order chi connectivity index (χ1) is 9.52. The number of H-pyrrole nitrogens is 1. The van der Waals surface area contributed by atoms with E-state index in [2.05, 4.69) is 10.2 Å². The third-order valence-corrected chi connectivity index (χ3v) is 2.89. The normalized spacial score (nSPS) is 10.3. The Morgan fingerprint density at radius 3 is 2.90 bits per heavy atom. The van der Waals surface area contributed by atoms with Gasteiger partial charge in [0.25, 0.3) is 5.91 Å². The third-order valence-electron chi connectivity index (χ3n) is 2.89. The fraction of sp³-hybridized carbons (Fsp3) is 0.231. The zero-order chi connectivity index (χ0) is 14.7. The second-order valence-electron chi connectivity index (χ2n) is 4.37. The molecule has 7 heteroatoms. The van der Waals surface area contributed by atoms with Crippen LogP contribution in [0.15, 0.2) is 24.4 Å². The van der Waals surface area contributed by atoms with Gasteiger partial charge in [0.1, 0.15) is 5.69 Å². The van der Waals surface area contributed by atoms with Gasteiger partial charge in [0, 0.05) is 13.6 Å². The van der Waals surface area contributed by atoms with Crippen molar-refractivity contribution >= 4 is 11.6 Å².